The van der Waals surface area contributed by atoms with E-state index in [1.165, 1.54) is 30.9 Å². The first-order chi connectivity index (χ1) is 17.9. The molecule has 1 fully saturated rings. The van der Waals surface area contributed by atoms with Gasteiger partial charge in [0.1, 0.15) is 6.54 Å². The Balaban J connectivity index is 1.76. The van der Waals surface area contributed by atoms with E-state index in [0.29, 0.717) is 29.2 Å². The second-order valence-electron chi connectivity index (χ2n) is 9.03. The highest BCUT2D eigenvalue weighted by Crippen LogP contribution is 2.30. The van der Waals surface area contributed by atoms with Gasteiger partial charge in [-0.15, -0.1) is 0 Å². The molecular formula is C27H32N4O6. The van der Waals surface area contributed by atoms with Crippen molar-refractivity contribution < 1.29 is 19.1 Å². The summed E-state index contributed by atoms with van der Waals surface area (Å²) in [4.78, 5) is 54.1. The van der Waals surface area contributed by atoms with E-state index >= 15 is 0 Å². The number of hydrogen-bond donors (Lipinski definition) is 1. The van der Waals surface area contributed by atoms with E-state index < -0.39 is 11.2 Å². The fourth-order valence-corrected chi connectivity index (χ4v) is 4.54. The zero-order valence-electron chi connectivity index (χ0n) is 21.4. The van der Waals surface area contributed by atoms with Gasteiger partial charge in [-0.05, 0) is 43.0 Å². The Morgan fingerprint density at radius 3 is 2.22 bits per heavy atom. The maximum atomic E-state index is 13.5. The van der Waals surface area contributed by atoms with Crippen molar-refractivity contribution in [1.82, 2.24) is 19.4 Å². The molecule has 1 aliphatic heterocycles. The third kappa shape index (κ3) is 5.37. The van der Waals surface area contributed by atoms with Gasteiger partial charge < -0.3 is 19.7 Å². The van der Waals surface area contributed by atoms with E-state index in [4.69, 9.17) is 9.47 Å². The predicted octanol–water partition coefficient (Wildman–Crippen LogP) is 1.99. The van der Waals surface area contributed by atoms with Crippen LogP contribution in [0, 0.1) is 0 Å². The van der Waals surface area contributed by atoms with Crippen LogP contribution in [0.1, 0.15) is 42.1 Å². The Morgan fingerprint density at radius 2 is 1.59 bits per heavy atom. The van der Waals surface area contributed by atoms with Crippen molar-refractivity contribution in [1.29, 1.82) is 0 Å². The van der Waals surface area contributed by atoms with Gasteiger partial charge in [0, 0.05) is 31.3 Å². The van der Waals surface area contributed by atoms with Crippen molar-refractivity contribution in [3.63, 3.8) is 0 Å². The first kappa shape index (κ1) is 26.0. The number of aromatic nitrogens is 2. The van der Waals surface area contributed by atoms with Gasteiger partial charge in [0.15, 0.2) is 11.5 Å². The lowest BCUT2D eigenvalue weighted by Crippen LogP contribution is -2.43. The summed E-state index contributed by atoms with van der Waals surface area (Å²) in [5.41, 5.74) is 0.399. The Bertz CT molecular complexity index is 1420. The molecule has 2 aromatic carbocycles. The Labute approximate surface area is 214 Å². The summed E-state index contributed by atoms with van der Waals surface area (Å²) in [6.45, 7) is 3.65. The largest absolute Gasteiger partial charge is 0.493 e. The minimum absolute atomic E-state index is 0.0171. The van der Waals surface area contributed by atoms with Crippen molar-refractivity contribution >= 4 is 22.7 Å². The number of methoxy groups -OCH3 is 2. The number of nitrogens with zero attached hydrogens (tertiary/aromatic N) is 3. The minimum atomic E-state index is -0.617. The molecule has 4 rings (SSSR count). The molecule has 1 saturated heterocycles. The van der Waals surface area contributed by atoms with E-state index in [-0.39, 0.29) is 35.8 Å². The van der Waals surface area contributed by atoms with Crippen LogP contribution in [-0.2, 0) is 17.9 Å². The summed E-state index contributed by atoms with van der Waals surface area (Å²) in [6, 6.07) is 9.97. The van der Waals surface area contributed by atoms with Crippen LogP contribution in [-0.4, -0.2) is 59.7 Å². The fraction of sp³-hybridized carbons (Fsp3) is 0.407. The molecule has 10 heteroatoms. The molecule has 0 aliphatic carbocycles. The first-order valence-corrected chi connectivity index (χ1v) is 12.4. The maximum absolute atomic E-state index is 13.5. The zero-order chi connectivity index (χ0) is 26.5. The van der Waals surface area contributed by atoms with Crippen molar-refractivity contribution in [2.45, 2.75) is 39.3 Å². The fourth-order valence-electron chi connectivity index (χ4n) is 4.54. The summed E-state index contributed by atoms with van der Waals surface area (Å²) in [5.74, 6) is 0.319. The Morgan fingerprint density at radius 1 is 0.946 bits per heavy atom. The highest BCUT2D eigenvalue weighted by atomic mass is 16.5. The molecule has 1 N–H and O–H groups in total. The maximum Gasteiger partial charge on any atom is 0.332 e. The van der Waals surface area contributed by atoms with Crippen molar-refractivity contribution in [3.05, 3.63) is 68.4 Å². The van der Waals surface area contributed by atoms with Gasteiger partial charge in [0.2, 0.25) is 5.91 Å². The molecule has 37 heavy (non-hydrogen) atoms. The molecule has 3 aromatic rings. The molecule has 0 unspecified atom stereocenters. The number of carbonyl (C=O) groups is 2. The molecule has 196 valence electrons. The quantitative estimate of drug-likeness (QED) is 0.473. The Kier molecular flexibility index (Phi) is 7.95. The zero-order valence-corrected chi connectivity index (χ0v) is 21.4. The second kappa shape index (κ2) is 11.3. The van der Waals surface area contributed by atoms with Crippen LogP contribution in [0.5, 0.6) is 11.5 Å². The molecular weight excluding hydrogens is 476 g/mol. The highest BCUT2D eigenvalue weighted by Gasteiger charge is 2.21. The third-order valence-corrected chi connectivity index (χ3v) is 6.54. The number of amides is 2. The van der Waals surface area contributed by atoms with E-state index in [0.717, 1.165) is 36.9 Å². The summed E-state index contributed by atoms with van der Waals surface area (Å²) in [6.07, 6.45) is 2.77. The average molecular weight is 509 g/mol. The normalized spacial score (nSPS) is 13.1. The standard InChI is InChI=1S/C27H32N4O6/c1-4-11-28-24(32)17-30-21-15-23(37-3)22(36-2)14-20(21)26(34)31(27(30)35)16-18-7-9-19(10-8-18)25(33)29-12-5-6-13-29/h7-10,14-15H,4-6,11-13,16-17H2,1-3H3,(H,28,32). The first-order valence-electron chi connectivity index (χ1n) is 12.4. The number of likely N-dealkylation sites (tertiary alicyclic amines) is 1. The average Bonchev–Trinajstić information content (AvgIpc) is 3.46. The molecule has 2 heterocycles. The molecule has 0 spiro atoms. The SMILES string of the molecule is CCCNC(=O)Cn1c(=O)n(Cc2ccc(C(=O)N3CCCC3)cc2)c(=O)c2cc(OC)c(OC)cc21. The highest BCUT2D eigenvalue weighted by molar-refractivity contribution is 5.94. The smallest absolute Gasteiger partial charge is 0.332 e. The van der Waals surface area contributed by atoms with Crippen LogP contribution in [0.25, 0.3) is 10.9 Å². The number of carbonyl (C=O) groups excluding carboxylic acids is 2. The topological polar surface area (TPSA) is 112 Å². The van der Waals surface area contributed by atoms with E-state index in [1.54, 1.807) is 24.3 Å². The summed E-state index contributed by atoms with van der Waals surface area (Å²) in [5, 5.41) is 2.99. The molecule has 2 amide bonds. The van der Waals surface area contributed by atoms with E-state index in [1.807, 2.05) is 11.8 Å². The second-order valence-corrected chi connectivity index (χ2v) is 9.03. The minimum Gasteiger partial charge on any atom is -0.493 e. The third-order valence-electron chi connectivity index (χ3n) is 6.54. The molecule has 0 saturated carbocycles. The number of nitrogens with one attached hydrogen (secondary N) is 1. The lowest BCUT2D eigenvalue weighted by Gasteiger charge is -2.17. The van der Waals surface area contributed by atoms with Crippen molar-refractivity contribution in [2.24, 2.45) is 0 Å². The number of ether oxygens (including phenoxy) is 2. The predicted molar refractivity (Wildman–Crippen MR) is 140 cm³/mol. The number of benzene rings is 2. The molecule has 0 bridgehead atoms. The molecule has 10 nitrogen and oxygen atoms in total. The van der Waals surface area contributed by atoms with Crippen molar-refractivity contribution in [3.8, 4) is 11.5 Å². The van der Waals surface area contributed by atoms with Crippen LogP contribution in [0.2, 0.25) is 0 Å². The van der Waals surface area contributed by atoms with Gasteiger partial charge >= 0.3 is 5.69 Å². The van der Waals surface area contributed by atoms with Gasteiger partial charge in [0.05, 0.1) is 31.7 Å². The number of rotatable bonds is 9. The lowest BCUT2D eigenvalue weighted by atomic mass is 10.1. The van der Waals surface area contributed by atoms with E-state index in [2.05, 4.69) is 5.32 Å². The van der Waals surface area contributed by atoms with Gasteiger partial charge in [-0.2, -0.15) is 0 Å². The Hall–Kier alpha value is -4.08. The van der Waals surface area contributed by atoms with Gasteiger partial charge in [-0.1, -0.05) is 19.1 Å². The van der Waals surface area contributed by atoms with Gasteiger partial charge in [-0.3, -0.25) is 23.5 Å². The molecule has 1 aromatic heterocycles. The van der Waals surface area contributed by atoms with Crippen LogP contribution in [0.4, 0.5) is 0 Å². The summed E-state index contributed by atoms with van der Waals surface area (Å²) in [7, 11) is 2.92. The van der Waals surface area contributed by atoms with E-state index in [9.17, 15) is 19.2 Å². The molecule has 1 aliphatic rings. The van der Waals surface area contributed by atoms with Gasteiger partial charge in [0.25, 0.3) is 11.5 Å². The lowest BCUT2D eigenvalue weighted by molar-refractivity contribution is -0.121. The molecule has 0 atom stereocenters. The van der Waals surface area contributed by atoms with Crippen molar-refractivity contribution in [2.75, 3.05) is 33.9 Å². The van der Waals surface area contributed by atoms with Crippen LogP contribution >= 0.6 is 0 Å². The van der Waals surface area contributed by atoms with Gasteiger partial charge in [-0.25, -0.2) is 4.79 Å². The summed E-state index contributed by atoms with van der Waals surface area (Å²) < 4.78 is 13.1. The monoisotopic (exact) mass is 508 g/mol. The number of hydrogen-bond acceptors (Lipinski definition) is 6. The van der Waals surface area contributed by atoms with Crippen LogP contribution in [0.3, 0.4) is 0 Å². The van der Waals surface area contributed by atoms with Crippen LogP contribution < -0.4 is 26.0 Å². The summed E-state index contributed by atoms with van der Waals surface area (Å²) >= 11 is 0. The number of fused-ring (bicyclic) bond motifs is 1. The van der Waals surface area contributed by atoms with Crippen LogP contribution in [0.15, 0.2) is 46.0 Å². The molecule has 0 radical (unpaired) electrons.